The van der Waals surface area contributed by atoms with Crippen molar-refractivity contribution >= 4 is 12.6 Å². The van der Waals surface area contributed by atoms with Crippen LogP contribution in [0.25, 0.3) is 0 Å². The van der Waals surface area contributed by atoms with E-state index < -0.39 is 0 Å². The van der Waals surface area contributed by atoms with Crippen molar-refractivity contribution in [2.75, 3.05) is 0 Å². The van der Waals surface area contributed by atoms with Crippen LogP contribution in [0.15, 0.2) is 72.8 Å². The van der Waals surface area contributed by atoms with E-state index in [1.54, 1.807) is 0 Å². The van der Waals surface area contributed by atoms with Gasteiger partial charge in [-0.05, 0) is 84.5 Å². The number of thiol groups is 1. The summed E-state index contributed by atoms with van der Waals surface area (Å²) in [5.41, 5.74) is 8.66. The van der Waals surface area contributed by atoms with Crippen LogP contribution in [0.2, 0.25) is 0 Å². The van der Waals surface area contributed by atoms with E-state index in [-0.39, 0.29) is 16.2 Å². The smallest absolute Gasteiger partial charge is 0.0243 e. The predicted octanol–water partition coefficient (Wildman–Crippen LogP) is 11.8. The largest absolute Gasteiger partial charge is 0.175 e. The Hall–Kier alpha value is -1.99. The Morgan fingerprint density at radius 1 is 0.634 bits per heavy atom. The lowest BCUT2D eigenvalue weighted by molar-refractivity contribution is 0.248. The van der Waals surface area contributed by atoms with Gasteiger partial charge in [-0.2, -0.15) is 12.6 Å². The van der Waals surface area contributed by atoms with Gasteiger partial charge in [0.2, 0.25) is 0 Å². The van der Waals surface area contributed by atoms with Gasteiger partial charge in [0, 0.05) is 10.7 Å². The average molecular weight is 573 g/mol. The molecule has 0 saturated carbocycles. The van der Waals surface area contributed by atoms with Crippen LogP contribution >= 0.6 is 12.6 Å². The van der Waals surface area contributed by atoms with Crippen LogP contribution in [0.3, 0.4) is 0 Å². The number of aryl methyl sites for hydroxylation is 2. The fourth-order valence-corrected chi connectivity index (χ4v) is 5.48. The van der Waals surface area contributed by atoms with Gasteiger partial charge < -0.3 is 0 Å². The van der Waals surface area contributed by atoms with E-state index in [1.807, 2.05) is 0 Å². The van der Waals surface area contributed by atoms with Crippen LogP contribution in [0.4, 0.5) is 0 Å². The summed E-state index contributed by atoms with van der Waals surface area (Å²) in [7, 11) is 0. The van der Waals surface area contributed by atoms with Gasteiger partial charge in [0.15, 0.2) is 0 Å². The lowest BCUT2D eigenvalue weighted by Crippen LogP contribution is -2.34. The highest BCUT2D eigenvalue weighted by atomic mass is 32.1. The Morgan fingerprint density at radius 3 is 1.71 bits per heavy atom. The van der Waals surface area contributed by atoms with Crippen molar-refractivity contribution in [3.05, 3.63) is 106 Å². The van der Waals surface area contributed by atoms with Crippen molar-refractivity contribution in [2.24, 2.45) is 22.7 Å². The molecule has 0 saturated heterocycles. The monoisotopic (exact) mass is 572 g/mol. The van der Waals surface area contributed by atoms with E-state index >= 15 is 0 Å². The molecule has 0 aliphatic rings. The molecule has 0 amide bonds. The number of rotatable bonds is 10. The molecule has 0 radical (unpaired) electrons. The number of benzene rings is 3. The molecule has 3 aromatic carbocycles. The molecule has 3 rings (SSSR count). The maximum absolute atomic E-state index is 5.11. The second-order valence-electron chi connectivity index (χ2n) is 15.3. The molecular weight excluding hydrogens is 513 g/mol. The summed E-state index contributed by atoms with van der Waals surface area (Å²) in [4.78, 5) is 0. The zero-order valence-electron chi connectivity index (χ0n) is 28.4. The third-order valence-corrected chi connectivity index (χ3v) is 9.74. The summed E-state index contributed by atoms with van der Waals surface area (Å²) in [5, 5.41) is 0.331. The zero-order chi connectivity index (χ0) is 31.0. The summed E-state index contributed by atoms with van der Waals surface area (Å²) in [5.74, 6) is 1.46. The molecule has 2 atom stereocenters. The first-order chi connectivity index (χ1) is 19.0. The van der Waals surface area contributed by atoms with Gasteiger partial charge in [0.1, 0.15) is 0 Å². The molecule has 0 nitrogen and oxygen atoms in total. The molecule has 0 aliphatic heterocycles. The molecular formula is C40H60S. The van der Waals surface area contributed by atoms with Crippen molar-refractivity contribution in [3.8, 4) is 0 Å². The minimum absolute atomic E-state index is 0.121. The molecule has 41 heavy (non-hydrogen) atoms. The van der Waals surface area contributed by atoms with E-state index in [1.165, 1.54) is 33.4 Å². The van der Waals surface area contributed by atoms with Gasteiger partial charge in [-0.1, -0.05) is 153 Å². The van der Waals surface area contributed by atoms with Gasteiger partial charge in [0.05, 0.1) is 0 Å². The minimum atomic E-state index is -0.121. The molecule has 0 spiro atoms. The van der Waals surface area contributed by atoms with Crippen LogP contribution in [0.5, 0.6) is 0 Å². The average Bonchev–Trinajstić information content (AvgIpc) is 2.86. The molecule has 0 bridgehead atoms. The number of hydrogen-bond donors (Lipinski definition) is 1. The van der Waals surface area contributed by atoms with Gasteiger partial charge in [-0.25, -0.2) is 0 Å². The van der Waals surface area contributed by atoms with E-state index in [4.69, 9.17) is 12.6 Å². The maximum Gasteiger partial charge on any atom is 0.0243 e. The highest BCUT2D eigenvalue weighted by Gasteiger charge is 2.37. The fraction of sp³-hybridized carbons (Fsp3) is 0.550. The molecule has 3 aromatic rings. The van der Waals surface area contributed by atoms with Crippen molar-refractivity contribution in [1.82, 2.24) is 0 Å². The molecule has 0 aliphatic carbocycles. The van der Waals surface area contributed by atoms with Crippen molar-refractivity contribution in [1.29, 1.82) is 0 Å². The summed E-state index contributed by atoms with van der Waals surface area (Å²) < 4.78 is 0. The predicted molar refractivity (Wildman–Crippen MR) is 188 cm³/mol. The first kappa shape index (κ1) is 35.2. The van der Waals surface area contributed by atoms with Crippen molar-refractivity contribution in [2.45, 2.75) is 119 Å². The van der Waals surface area contributed by atoms with E-state index in [0.29, 0.717) is 11.2 Å². The topological polar surface area (TPSA) is 0 Å². The Kier molecular flexibility index (Phi) is 12.8. The third kappa shape index (κ3) is 10.7. The summed E-state index contributed by atoms with van der Waals surface area (Å²) in [6.45, 7) is 27.4. The second kappa shape index (κ2) is 15.0. The first-order valence-electron chi connectivity index (χ1n) is 15.9. The molecule has 0 aromatic heterocycles. The van der Waals surface area contributed by atoms with Gasteiger partial charge in [-0.15, -0.1) is 0 Å². The van der Waals surface area contributed by atoms with Crippen LogP contribution < -0.4 is 0 Å². The quantitative estimate of drug-likeness (QED) is 0.229. The molecule has 0 heterocycles. The summed E-state index contributed by atoms with van der Waals surface area (Å²) in [6.07, 6.45) is 4.20. The zero-order valence-corrected chi connectivity index (χ0v) is 29.3. The first-order valence-corrected chi connectivity index (χ1v) is 16.4. The Balaban J connectivity index is 0.00000138. The van der Waals surface area contributed by atoms with E-state index in [9.17, 15) is 0 Å². The SMILES string of the molecule is CC(C)C.Cc1ccc(C(CCC(S)C(C)(C)C)(Cc2ccccc2)c2cc(C)cc(CC(C)(C)C(C)C)c2)cc1. The molecule has 226 valence electrons. The maximum atomic E-state index is 5.11. The standard InChI is InChI=1S/C36H50S.C4H10/c1-26(2)35(8,9)24-30-21-28(4)22-32(23-30)36(20-19-33(37)34(5,6)7,25-29-13-11-10-12-14-29)31-17-15-27(3)16-18-31;1-4(2)3/h10-18,21-23,26,33,37H,19-20,24-25H2,1-9H3;4H,1-3H3. The second-order valence-corrected chi connectivity index (χ2v) is 15.9. The highest BCUT2D eigenvalue weighted by Crippen LogP contribution is 2.44. The van der Waals surface area contributed by atoms with E-state index in [0.717, 1.165) is 31.6 Å². The molecule has 0 fully saturated rings. The minimum Gasteiger partial charge on any atom is -0.175 e. The van der Waals surface area contributed by atoms with Gasteiger partial charge in [-0.3, -0.25) is 0 Å². The Bertz CT molecular complexity index is 1170. The normalized spacial score (nSPS) is 14.4. The number of hydrogen-bond acceptors (Lipinski definition) is 1. The molecule has 2 unspecified atom stereocenters. The molecule has 0 N–H and O–H groups in total. The van der Waals surface area contributed by atoms with Crippen LogP contribution in [0, 0.1) is 36.5 Å². The lowest BCUT2D eigenvalue weighted by atomic mass is 9.65. The van der Waals surface area contributed by atoms with Gasteiger partial charge >= 0.3 is 0 Å². The Labute approximate surface area is 260 Å². The van der Waals surface area contributed by atoms with Crippen molar-refractivity contribution < 1.29 is 0 Å². The van der Waals surface area contributed by atoms with Crippen LogP contribution in [-0.2, 0) is 18.3 Å². The summed E-state index contributed by atoms with van der Waals surface area (Å²) in [6, 6.07) is 27.8. The van der Waals surface area contributed by atoms with Crippen LogP contribution in [-0.4, -0.2) is 5.25 Å². The highest BCUT2D eigenvalue weighted by molar-refractivity contribution is 7.81. The molecule has 1 heteroatoms. The third-order valence-electron chi connectivity index (χ3n) is 8.71. The fourth-order valence-electron chi connectivity index (χ4n) is 5.35. The van der Waals surface area contributed by atoms with Gasteiger partial charge in [0.25, 0.3) is 0 Å². The lowest BCUT2D eigenvalue weighted by Gasteiger charge is -2.39. The Morgan fingerprint density at radius 2 is 1.20 bits per heavy atom. The van der Waals surface area contributed by atoms with Crippen LogP contribution in [0.1, 0.15) is 115 Å². The van der Waals surface area contributed by atoms with E-state index in [2.05, 4.69) is 156 Å². The van der Waals surface area contributed by atoms with Crippen molar-refractivity contribution in [3.63, 3.8) is 0 Å². The summed E-state index contributed by atoms with van der Waals surface area (Å²) >= 11 is 5.11.